The molecule has 32 heavy (non-hydrogen) atoms. The number of rotatable bonds is 13. The molecular weight excluding hydrogens is 424 g/mol. The molecule has 2 aromatic heterocycles. The number of morpholine rings is 1. The molecule has 1 saturated heterocycles. The van der Waals surface area contributed by atoms with Gasteiger partial charge in [-0.25, -0.2) is 4.98 Å². The van der Waals surface area contributed by atoms with Crippen LogP contribution >= 0.6 is 11.3 Å². The minimum Gasteiger partial charge on any atom is -0.476 e. The molecule has 3 rings (SSSR count). The second kappa shape index (κ2) is 13.3. The predicted octanol–water partition coefficient (Wildman–Crippen LogP) is 3.88. The highest BCUT2D eigenvalue weighted by Gasteiger charge is 2.13. The fraction of sp³-hybridized carbons (Fsp3) is 0.609. The zero-order valence-electron chi connectivity index (χ0n) is 19.5. The van der Waals surface area contributed by atoms with Crippen LogP contribution in [0.25, 0.3) is 0 Å². The molecule has 1 N–H and O–H groups in total. The first-order valence-corrected chi connectivity index (χ1v) is 12.5. The van der Waals surface area contributed by atoms with Gasteiger partial charge in [-0.1, -0.05) is 20.8 Å². The number of ether oxygens (including phenoxy) is 2. The van der Waals surface area contributed by atoms with Crippen molar-refractivity contribution < 1.29 is 9.47 Å². The highest BCUT2D eigenvalue weighted by molar-refractivity contribution is 7.16. The Hall–Kier alpha value is -2.23. The topological polar surface area (TPSA) is 75.1 Å². The molecule has 0 aromatic carbocycles. The Morgan fingerprint density at radius 3 is 2.66 bits per heavy atom. The molecular formula is C23H36N6O2S. The molecule has 176 valence electrons. The van der Waals surface area contributed by atoms with Crippen LogP contribution in [0.2, 0.25) is 0 Å². The highest BCUT2D eigenvalue weighted by atomic mass is 32.1. The van der Waals surface area contributed by atoms with Crippen molar-refractivity contribution in [1.29, 1.82) is 0 Å². The molecule has 9 heteroatoms. The summed E-state index contributed by atoms with van der Waals surface area (Å²) in [6.45, 7) is 13.3. The number of hydrazone groups is 1. The van der Waals surface area contributed by atoms with Crippen LogP contribution in [0.5, 0.6) is 5.88 Å². The Morgan fingerprint density at radius 2 is 1.97 bits per heavy atom. The molecule has 0 radical (unpaired) electrons. The molecule has 8 nitrogen and oxygen atoms in total. The Bertz CT molecular complexity index is 832. The quantitative estimate of drug-likeness (QED) is 0.359. The predicted molar refractivity (Wildman–Crippen MR) is 132 cm³/mol. The van der Waals surface area contributed by atoms with Gasteiger partial charge in [0.05, 0.1) is 19.4 Å². The zero-order valence-corrected chi connectivity index (χ0v) is 20.4. The number of nitrogens with one attached hydrogen (secondary N) is 1. The molecule has 1 aliphatic rings. The average Bonchev–Trinajstić information content (AvgIpc) is 3.28. The van der Waals surface area contributed by atoms with E-state index in [0.29, 0.717) is 18.3 Å². The van der Waals surface area contributed by atoms with Gasteiger partial charge in [0.15, 0.2) is 5.82 Å². The Labute approximate surface area is 195 Å². The van der Waals surface area contributed by atoms with Gasteiger partial charge in [0.2, 0.25) is 5.88 Å². The number of aryl methyl sites for hydroxylation is 1. The van der Waals surface area contributed by atoms with Crippen molar-refractivity contribution in [2.45, 2.75) is 40.0 Å². The molecule has 0 saturated carbocycles. The lowest BCUT2D eigenvalue weighted by Gasteiger charge is -2.26. The van der Waals surface area contributed by atoms with E-state index >= 15 is 0 Å². The molecule has 3 heterocycles. The van der Waals surface area contributed by atoms with Gasteiger partial charge in [-0.15, -0.1) is 11.3 Å². The van der Waals surface area contributed by atoms with E-state index in [4.69, 9.17) is 14.5 Å². The average molecular weight is 461 g/mol. The van der Waals surface area contributed by atoms with Crippen LogP contribution in [0.15, 0.2) is 23.3 Å². The number of nitrogens with zero attached hydrogens (tertiary/aromatic N) is 5. The van der Waals surface area contributed by atoms with Gasteiger partial charge in [0.25, 0.3) is 0 Å². The fourth-order valence-electron chi connectivity index (χ4n) is 3.49. The van der Waals surface area contributed by atoms with Gasteiger partial charge in [0, 0.05) is 43.7 Å². The Morgan fingerprint density at radius 1 is 1.19 bits per heavy atom. The van der Waals surface area contributed by atoms with Crippen molar-refractivity contribution in [3.8, 4) is 5.88 Å². The Balaban J connectivity index is 1.70. The van der Waals surface area contributed by atoms with Crippen molar-refractivity contribution in [2.75, 3.05) is 62.9 Å². The van der Waals surface area contributed by atoms with Gasteiger partial charge in [-0.05, 0) is 31.4 Å². The second-order valence-corrected chi connectivity index (χ2v) is 8.87. The number of hydrogen-bond acceptors (Lipinski definition) is 9. The molecule has 1 aliphatic heterocycles. The summed E-state index contributed by atoms with van der Waals surface area (Å²) in [5, 5.41) is 5.37. The molecule has 2 aromatic rings. The number of anilines is 2. The van der Waals surface area contributed by atoms with Gasteiger partial charge >= 0.3 is 0 Å². The first kappa shape index (κ1) is 24.4. The van der Waals surface area contributed by atoms with E-state index in [0.717, 1.165) is 76.0 Å². The van der Waals surface area contributed by atoms with Gasteiger partial charge in [-0.3, -0.25) is 10.3 Å². The smallest absolute Gasteiger partial charge is 0.219 e. The molecule has 1 fully saturated rings. The van der Waals surface area contributed by atoms with E-state index < -0.39 is 0 Å². The monoisotopic (exact) mass is 460 g/mol. The van der Waals surface area contributed by atoms with Crippen LogP contribution in [0, 0.1) is 0 Å². The van der Waals surface area contributed by atoms with Crippen molar-refractivity contribution >= 4 is 28.4 Å². The third kappa shape index (κ3) is 7.72. The maximum Gasteiger partial charge on any atom is 0.219 e. The largest absolute Gasteiger partial charge is 0.476 e. The van der Waals surface area contributed by atoms with E-state index in [1.54, 1.807) is 17.6 Å². The van der Waals surface area contributed by atoms with Crippen molar-refractivity contribution in [3.05, 3.63) is 28.9 Å². The van der Waals surface area contributed by atoms with Crippen LogP contribution in [0.4, 0.5) is 10.8 Å². The first-order chi connectivity index (χ1) is 15.7. The SMILES string of the molecule is CCCN(CCC)c1cc(OCCN2CCOCC2)nc(/C=N/Nc2ccc(CC)s2)n1. The molecule has 0 aliphatic carbocycles. The van der Waals surface area contributed by atoms with Crippen LogP contribution in [-0.4, -0.2) is 73.6 Å². The summed E-state index contributed by atoms with van der Waals surface area (Å²) in [4.78, 5) is 15.3. The molecule has 0 spiro atoms. The summed E-state index contributed by atoms with van der Waals surface area (Å²) in [5.41, 5.74) is 3.09. The summed E-state index contributed by atoms with van der Waals surface area (Å²) < 4.78 is 11.5. The number of thiophene rings is 1. The van der Waals surface area contributed by atoms with Crippen molar-refractivity contribution in [2.24, 2.45) is 5.10 Å². The molecule has 0 amide bonds. The summed E-state index contributed by atoms with van der Waals surface area (Å²) in [7, 11) is 0. The lowest BCUT2D eigenvalue weighted by Crippen LogP contribution is -2.38. The number of hydrogen-bond donors (Lipinski definition) is 1. The van der Waals surface area contributed by atoms with Crippen LogP contribution < -0.4 is 15.1 Å². The van der Waals surface area contributed by atoms with Crippen molar-refractivity contribution in [3.63, 3.8) is 0 Å². The molecule has 0 bridgehead atoms. The van der Waals surface area contributed by atoms with Gasteiger partial charge < -0.3 is 14.4 Å². The lowest BCUT2D eigenvalue weighted by molar-refractivity contribution is 0.0320. The summed E-state index contributed by atoms with van der Waals surface area (Å²) in [6, 6.07) is 6.11. The lowest BCUT2D eigenvalue weighted by atomic mass is 10.3. The van der Waals surface area contributed by atoms with Gasteiger partial charge in [-0.2, -0.15) is 10.1 Å². The van der Waals surface area contributed by atoms with E-state index in [1.165, 1.54) is 4.88 Å². The summed E-state index contributed by atoms with van der Waals surface area (Å²) in [6.07, 6.45) is 4.80. The maximum absolute atomic E-state index is 6.04. The summed E-state index contributed by atoms with van der Waals surface area (Å²) >= 11 is 1.70. The highest BCUT2D eigenvalue weighted by Crippen LogP contribution is 2.22. The third-order valence-corrected chi connectivity index (χ3v) is 6.28. The minimum absolute atomic E-state index is 0.542. The maximum atomic E-state index is 6.04. The Kier molecular flexibility index (Phi) is 10.2. The van der Waals surface area contributed by atoms with E-state index in [9.17, 15) is 0 Å². The third-order valence-electron chi connectivity index (χ3n) is 5.14. The van der Waals surface area contributed by atoms with E-state index in [-0.39, 0.29) is 0 Å². The summed E-state index contributed by atoms with van der Waals surface area (Å²) in [5.74, 6) is 2.02. The van der Waals surface area contributed by atoms with Crippen LogP contribution in [0.1, 0.15) is 44.3 Å². The van der Waals surface area contributed by atoms with Crippen LogP contribution in [-0.2, 0) is 11.2 Å². The fourth-order valence-corrected chi connectivity index (χ4v) is 4.29. The van der Waals surface area contributed by atoms with Crippen molar-refractivity contribution in [1.82, 2.24) is 14.9 Å². The van der Waals surface area contributed by atoms with Crippen LogP contribution in [0.3, 0.4) is 0 Å². The normalized spacial score (nSPS) is 14.7. The molecule has 0 atom stereocenters. The zero-order chi connectivity index (χ0) is 22.6. The van der Waals surface area contributed by atoms with E-state index in [2.05, 4.69) is 52.1 Å². The second-order valence-electron chi connectivity index (χ2n) is 7.70. The standard InChI is InChI=1S/C23H36N6O2S/c1-4-9-29(10-5-2)21-17-22(31-16-13-28-11-14-30-15-12-28)26-20(25-21)18-24-27-23-8-7-19(6-3)32-23/h7-8,17-18,27H,4-6,9-16H2,1-3H3/b24-18+. The number of aromatic nitrogens is 2. The minimum atomic E-state index is 0.542. The molecule has 0 unspecified atom stereocenters. The van der Waals surface area contributed by atoms with E-state index in [1.807, 2.05) is 12.1 Å². The van der Waals surface area contributed by atoms with Gasteiger partial charge in [0.1, 0.15) is 17.4 Å². The first-order valence-electron chi connectivity index (χ1n) is 11.7.